The zero-order chi connectivity index (χ0) is 18.1. The number of carbonyl (C=O) groups excluding carboxylic acids is 1. The SMILES string of the molecule is Cc1cccc(CC(=O)N2CCN(C3=NC=CN4C3=NCC4C)CC2)c1. The Labute approximate surface area is 154 Å². The number of fused-ring (bicyclic) bond motifs is 1. The summed E-state index contributed by atoms with van der Waals surface area (Å²) in [7, 11) is 0. The number of aliphatic imine (C=N–C) groups is 2. The Morgan fingerprint density at radius 1 is 1.19 bits per heavy atom. The fraction of sp³-hybridized carbons (Fsp3) is 0.450. The number of rotatable bonds is 2. The van der Waals surface area contributed by atoms with E-state index in [0.29, 0.717) is 12.5 Å². The Bertz CT molecular complexity index is 789. The second-order valence-corrected chi connectivity index (χ2v) is 7.21. The van der Waals surface area contributed by atoms with Crippen LogP contribution in [-0.4, -0.2) is 71.0 Å². The summed E-state index contributed by atoms with van der Waals surface area (Å²) in [5.74, 6) is 2.12. The van der Waals surface area contributed by atoms with E-state index < -0.39 is 0 Å². The number of nitrogens with zero attached hydrogens (tertiary/aromatic N) is 5. The van der Waals surface area contributed by atoms with Gasteiger partial charge in [-0.25, -0.2) is 4.99 Å². The molecule has 6 heteroatoms. The van der Waals surface area contributed by atoms with Crippen molar-refractivity contribution in [1.82, 2.24) is 14.7 Å². The van der Waals surface area contributed by atoms with E-state index in [1.807, 2.05) is 29.4 Å². The lowest BCUT2D eigenvalue weighted by Gasteiger charge is -2.38. The summed E-state index contributed by atoms with van der Waals surface area (Å²) in [6, 6.07) is 8.58. The second-order valence-electron chi connectivity index (χ2n) is 7.21. The van der Waals surface area contributed by atoms with Crippen LogP contribution in [0.4, 0.5) is 0 Å². The summed E-state index contributed by atoms with van der Waals surface area (Å²) in [6.07, 6.45) is 4.33. The predicted molar refractivity (Wildman–Crippen MR) is 103 cm³/mol. The summed E-state index contributed by atoms with van der Waals surface area (Å²) in [4.78, 5) is 28.2. The third kappa shape index (κ3) is 3.23. The summed E-state index contributed by atoms with van der Waals surface area (Å²) < 4.78 is 0. The van der Waals surface area contributed by atoms with Gasteiger partial charge in [-0.1, -0.05) is 29.8 Å². The topological polar surface area (TPSA) is 51.5 Å². The Morgan fingerprint density at radius 2 is 2.00 bits per heavy atom. The highest BCUT2D eigenvalue weighted by molar-refractivity contribution is 6.41. The molecule has 1 unspecified atom stereocenters. The molecule has 0 saturated carbocycles. The number of hydrogen-bond donors (Lipinski definition) is 0. The average molecular weight is 351 g/mol. The molecule has 136 valence electrons. The van der Waals surface area contributed by atoms with Crippen molar-refractivity contribution in [3.63, 3.8) is 0 Å². The minimum Gasteiger partial charge on any atom is -0.350 e. The largest absolute Gasteiger partial charge is 0.350 e. The molecule has 0 radical (unpaired) electrons. The molecule has 0 N–H and O–H groups in total. The maximum absolute atomic E-state index is 12.6. The van der Waals surface area contributed by atoms with Crippen LogP contribution in [0.3, 0.4) is 0 Å². The summed E-state index contributed by atoms with van der Waals surface area (Å²) in [6.45, 7) is 8.11. The minimum atomic E-state index is 0.203. The number of hydrogen-bond acceptors (Lipinski definition) is 5. The lowest BCUT2D eigenvalue weighted by Crippen LogP contribution is -2.54. The Morgan fingerprint density at radius 3 is 2.77 bits per heavy atom. The van der Waals surface area contributed by atoms with Crippen LogP contribution < -0.4 is 0 Å². The fourth-order valence-corrected chi connectivity index (χ4v) is 3.73. The zero-order valence-electron chi connectivity index (χ0n) is 15.4. The first-order valence-corrected chi connectivity index (χ1v) is 9.28. The first-order chi connectivity index (χ1) is 12.6. The molecule has 3 heterocycles. The lowest BCUT2D eigenvalue weighted by molar-refractivity contribution is -0.131. The number of carbonyl (C=O) groups is 1. The molecule has 1 amide bonds. The molecule has 1 atom stereocenters. The van der Waals surface area contributed by atoms with Gasteiger partial charge in [-0.05, 0) is 19.4 Å². The van der Waals surface area contributed by atoms with Gasteiger partial charge in [0.05, 0.1) is 19.0 Å². The molecular weight excluding hydrogens is 326 g/mol. The molecule has 0 bridgehead atoms. The summed E-state index contributed by atoms with van der Waals surface area (Å²) in [5.41, 5.74) is 2.28. The number of amides is 1. The van der Waals surface area contributed by atoms with Gasteiger partial charge >= 0.3 is 0 Å². The summed E-state index contributed by atoms with van der Waals surface area (Å²) in [5, 5.41) is 0. The van der Waals surface area contributed by atoms with E-state index in [9.17, 15) is 4.79 Å². The van der Waals surface area contributed by atoms with Crippen LogP contribution in [0.25, 0.3) is 0 Å². The van der Waals surface area contributed by atoms with Crippen molar-refractivity contribution in [3.8, 4) is 0 Å². The number of piperazine rings is 1. The fourth-order valence-electron chi connectivity index (χ4n) is 3.73. The third-order valence-corrected chi connectivity index (χ3v) is 5.22. The molecule has 0 aliphatic carbocycles. The summed E-state index contributed by atoms with van der Waals surface area (Å²) >= 11 is 0. The minimum absolute atomic E-state index is 0.203. The maximum atomic E-state index is 12.6. The van der Waals surface area contributed by atoms with Crippen molar-refractivity contribution in [3.05, 3.63) is 47.8 Å². The molecule has 3 aliphatic rings. The average Bonchev–Trinajstić information content (AvgIpc) is 3.03. The van der Waals surface area contributed by atoms with Crippen molar-refractivity contribution in [2.45, 2.75) is 26.3 Å². The van der Waals surface area contributed by atoms with Crippen LogP contribution >= 0.6 is 0 Å². The van der Waals surface area contributed by atoms with E-state index in [1.54, 1.807) is 0 Å². The smallest absolute Gasteiger partial charge is 0.227 e. The Kier molecular flexibility index (Phi) is 4.49. The molecule has 26 heavy (non-hydrogen) atoms. The van der Waals surface area contributed by atoms with Crippen LogP contribution in [0.2, 0.25) is 0 Å². The van der Waals surface area contributed by atoms with E-state index in [2.05, 4.69) is 45.8 Å². The quantitative estimate of drug-likeness (QED) is 0.814. The number of benzene rings is 1. The molecule has 6 nitrogen and oxygen atoms in total. The normalized spacial score (nSPS) is 22.2. The monoisotopic (exact) mass is 351 g/mol. The molecular formula is C20H25N5O. The van der Waals surface area contributed by atoms with Gasteiger partial charge in [0.15, 0.2) is 11.7 Å². The highest BCUT2D eigenvalue weighted by Crippen LogP contribution is 2.18. The predicted octanol–water partition coefficient (Wildman–Crippen LogP) is 1.67. The Balaban J connectivity index is 1.36. The molecule has 0 spiro atoms. The highest BCUT2D eigenvalue weighted by atomic mass is 16.2. The number of amidine groups is 2. The first kappa shape index (κ1) is 16.8. The molecule has 1 aromatic carbocycles. The lowest BCUT2D eigenvalue weighted by atomic mass is 10.1. The number of aryl methyl sites for hydroxylation is 1. The molecule has 4 rings (SSSR count). The van der Waals surface area contributed by atoms with Crippen molar-refractivity contribution < 1.29 is 4.79 Å². The van der Waals surface area contributed by atoms with Crippen LogP contribution in [0.1, 0.15) is 18.1 Å². The maximum Gasteiger partial charge on any atom is 0.227 e. The highest BCUT2D eigenvalue weighted by Gasteiger charge is 2.32. The van der Waals surface area contributed by atoms with Gasteiger partial charge in [-0.3, -0.25) is 9.79 Å². The van der Waals surface area contributed by atoms with Crippen LogP contribution in [0.15, 0.2) is 46.7 Å². The van der Waals surface area contributed by atoms with Gasteiger partial charge in [0.2, 0.25) is 5.91 Å². The standard InChI is InChI=1S/C20H25N5O/c1-15-4-3-5-17(12-15)13-18(26)23-8-10-24(11-9-23)19-20-22-14-16(2)25(20)7-6-21-19/h3-7,12,16H,8-11,13-14H2,1-2H3. The van der Waals surface area contributed by atoms with E-state index in [1.165, 1.54) is 5.56 Å². The van der Waals surface area contributed by atoms with Gasteiger partial charge in [-0.15, -0.1) is 0 Å². The van der Waals surface area contributed by atoms with Gasteiger partial charge in [0.25, 0.3) is 0 Å². The van der Waals surface area contributed by atoms with Gasteiger partial charge < -0.3 is 14.7 Å². The second kappa shape index (κ2) is 6.94. The van der Waals surface area contributed by atoms with E-state index in [0.717, 1.165) is 50.0 Å². The zero-order valence-corrected chi connectivity index (χ0v) is 15.4. The third-order valence-electron chi connectivity index (χ3n) is 5.22. The van der Waals surface area contributed by atoms with Gasteiger partial charge in [0.1, 0.15) is 0 Å². The van der Waals surface area contributed by atoms with Gasteiger partial charge in [-0.2, -0.15) is 0 Å². The van der Waals surface area contributed by atoms with E-state index in [-0.39, 0.29) is 5.91 Å². The van der Waals surface area contributed by atoms with Crippen molar-refractivity contribution in [1.29, 1.82) is 0 Å². The van der Waals surface area contributed by atoms with Crippen molar-refractivity contribution >= 4 is 17.6 Å². The molecule has 0 aromatic heterocycles. The molecule has 3 aliphatic heterocycles. The van der Waals surface area contributed by atoms with Crippen LogP contribution in [0.5, 0.6) is 0 Å². The van der Waals surface area contributed by atoms with E-state index >= 15 is 0 Å². The van der Waals surface area contributed by atoms with Crippen molar-refractivity contribution in [2.24, 2.45) is 9.98 Å². The molecule has 1 fully saturated rings. The van der Waals surface area contributed by atoms with E-state index in [4.69, 9.17) is 0 Å². The Hall–Kier alpha value is -2.63. The van der Waals surface area contributed by atoms with Crippen molar-refractivity contribution in [2.75, 3.05) is 32.7 Å². The van der Waals surface area contributed by atoms with Crippen LogP contribution in [0, 0.1) is 6.92 Å². The first-order valence-electron chi connectivity index (χ1n) is 9.28. The van der Waals surface area contributed by atoms with Gasteiger partial charge in [0, 0.05) is 38.6 Å². The molecule has 1 aromatic rings. The van der Waals surface area contributed by atoms with Crippen LogP contribution in [-0.2, 0) is 11.2 Å². The molecule has 1 saturated heterocycles.